The maximum Gasteiger partial charge on any atom is 0.294 e. The van der Waals surface area contributed by atoms with Crippen LogP contribution in [0.3, 0.4) is 0 Å². The summed E-state index contributed by atoms with van der Waals surface area (Å²) < 4.78 is 11.4. The molecule has 12 heteroatoms. The molecule has 3 heterocycles. The van der Waals surface area contributed by atoms with Gasteiger partial charge in [-0.05, 0) is 55.3 Å². The molecular weight excluding hydrogens is 476 g/mol. The van der Waals surface area contributed by atoms with Crippen molar-refractivity contribution in [2.45, 2.75) is 19.8 Å². The number of carbonyl (C=O) groups is 3. The minimum Gasteiger partial charge on any atom is -0.490 e. The van der Waals surface area contributed by atoms with Crippen LogP contribution in [0, 0.1) is 10.1 Å². The lowest BCUT2D eigenvalue weighted by Crippen LogP contribution is -2.40. The van der Waals surface area contributed by atoms with Gasteiger partial charge in [-0.1, -0.05) is 6.07 Å². The first kappa shape index (κ1) is 24.2. The van der Waals surface area contributed by atoms with Crippen LogP contribution in [0.25, 0.3) is 6.08 Å². The van der Waals surface area contributed by atoms with Crippen molar-refractivity contribution >= 4 is 40.6 Å². The molecule has 1 aromatic carbocycles. The van der Waals surface area contributed by atoms with Crippen molar-refractivity contribution in [1.29, 1.82) is 0 Å². The number of likely N-dealkylation sites (tertiary alicyclic amines) is 1. The van der Waals surface area contributed by atoms with E-state index >= 15 is 0 Å². The van der Waals surface area contributed by atoms with Gasteiger partial charge in [-0.15, -0.1) is 0 Å². The predicted molar refractivity (Wildman–Crippen MR) is 127 cm³/mol. The number of hydrogen-bond acceptors (Lipinski definition) is 9. The van der Waals surface area contributed by atoms with E-state index in [4.69, 9.17) is 9.47 Å². The molecule has 0 bridgehead atoms. The van der Waals surface area contributed by atoms with E-state index < -0.39 is 16.1 Å². The quantitative estimate of drug-likeness (QED) is 0.302. The number of pyridine rings is 1. The Balaban J connectivity index is 1.50. The highest BCUT2D eigenvalue weighted by Crippen LogP contribution is 2.36. The molecule has 11 nitrogen and oxygen atoms in total. The molecule has 0 atom stereocenters. The Kier molecular flexibility index (Phi) is 7.30. The normalized spacial score (nSPS) is 16.8. The molecule has 2 saturated heterocycles. The van der Waals surface area contributed by atoms with E-state index in [0.29, 0.717) is 36.8 Å². The molecule has 0 N–H and O–H groups in total. The molecule has 182 valence electrons. The number of rotatable bonds is 8. The summed E-state index contributed by atoms with van der Waals surface area (Å²) in [4.78, 5) is 54.6. The summed E-state index contributed by atoms with van der Waals surface area (Å²) in [6.07, 6.45) is 4.50. The van der Waals surface area contributed by atoms with Gasteiger partial charge in [0, 0.05) is 25.2 Å². The number of amides is 3. The monoisotopic (exact) mass is 498 g/mol. The molecule has 35 heavy (non-hydrogen) atoms. The fourth-order valence-corrected chi connectivity index (χ4v) is 4.45. The Bertz CT molecular complexity index is 1190. The number of aromatic nitrogens is 1. The Hall–Kier alpha value is -3.93. The van der Waals surface area contributed by atoms with Crippen LogP contribution in [0.15, 0.2) is 41.4 Å². The average molecular weight is 499 g/mol. The molecule has 0 spiro atoms. The van der Waals surface area contributed by atoms with E-state index in [1.807, 2.05) is 0 Å². The molecule has 0 aliphatic carbocycles. The first-order valence-corrected chi connectivity index (χ1v) is 11.8. The van der Waals surface area contributed by atoms with Gasteiger partial charge in [0.15, 0.2) is 11.5 Å². The summed E-state index contributed by atoms with van der Waals surface area (Å²) in [7, 11) is 0. The van der Waals surface area contributed by atoms with Gasteiger partial charge in [0.25, 0.3) is 16.8 Å². The highest BCUT2D eigenvalue weighted by Gasteiger charge is 2.37. The van der Waals surface area contributed by atoms with Gasteiger partial charge < -0.3 is 14.4 Å². The van der Waals surface area contributed by atoms with Gasteiger partial charge >= 0.3 is 0 Å². The van der Waals surface area contributed by atoms with Gasteiger partial charge in [0.05, 0.1) is 16.4 Å². The molecule has 3 amide bonds. The first-order chi connectivity index (χ1) is 16.9. The minimum atomic E-state index is -0.554. The second-order valence-electron chi connectivity index (χ2n) is 7.71. The van der Waals surface area contributed by atoms with Crippen molar-refractivity contribution in [1.82, 2.24) is 14.8 Å². The van der Waals surface area contributed by atoms with E-state index in [2.05, 4.69) is 4.98 Å². The number of hydrogen-bond donors (Lipinski definition) is 0. The fourth-order valence-electron chi connectivity index (χ4n) is 3.61. The number of nitrogens with zero attached hydrogens (tertiary/aromatic N) is 4. The molecule has 2 fully saturated rings. The van der Waals surface area contributed by atoms with Crippen LogP contribution in [0.4, 0.5) is 10.5 Å². The molecule has 0 radical (unpaired) electrons. The topological polar surface area (TPSA) is 132 Å². The zero-order valence-electron chi connectivity index (χ0n) is 18.8. The van der Waals surface area contributed by atoms with Crippen LogP contribution in [-0.4, -0.2) is 63.0 Å². The summed E-state index contributed by atoms with van der Waals surface area (Å²) in [6.45, 7) is 3.16. The van der Waals surface area contributed by atoms with Gasteiger partial charge in [0.2, 0.25) is 11.8 Å². The zero-order chi connectivity index (χ0) is 24.9. The van der Waals surface area contributed by atoms with Crippen LogP contribution >= 0.6 is 11.8 Å². The largest absolute Gasteiger partial charge is 0.490 e. The smallest absolute Gasteiger partial charge is 0.294 e. The fraction of sp³-hybridized carbons (Fsp3) is 0.304. The van der Waals surface area contributed by atoms with E-state index in [0.717, 1.165) is 35.7 Å². The molecular formula is C23H22N4O7S. The third-order valence-electron chi connectivity index (χ3n) is 5.34. The second-order valence-corrected chi connectivity index (χ2v) is 8.70. The highest BCUT2D eigenvalue weighted by atomic mass is 32.2. The minimum absolute atomic E-state index is 0.146. The number of thioether (sulfide) groups is 1. The second kappa shape index (κ2) is 10.6. The van der Waals surface area contributed by atoms with Gasteiger partial charge in [-0.3, -0.25) is 29.4 Å². The van der Waals surface area contributed by atoms with Gasteiger partial charge in [-0.25, -0.2) is 4.98 Å². The third-order valence-corrected chi connectivity index (χ3v) is 6.24. The standard InChI is InChI=1S/C23H22N4O7S/c1-2-33-18-11-15(5-7-17(18)34-20-8-6-16(13-24-20)27(31)32)12-19-22(29)26(23(30)35-19)14-21(28)25-9-3-4-10-25/h5-8,11-13H,2-4,9-10,14H2,1H3/b19-12-. The number of benzene rings is 1. The van der Waals surface area contributed by atoms with E-state index in [1.165, 1.54) is 12.1 Å². The summed E-state index contributed by atoms with van der Waals surface area (Å²) >= 11 is 0.782. The summed E-state index contributed by atoms with van der Waals surface area (Å²) in [6, 6.07) is 7.59. The first-order valence-electron chi connectivity index (χ1n) is 10.9. The van der Waals surface area contributed by atoms with Crippen molar-refractivity contribution in [3.05, 3.63) is 57.1 Å². The summed E-state index contributed by atoms with van der Waals surface area (Å²) in [5, 5.41) is 10.3. The number of ether oxygens (including phenoxy) is 2. The number of nitro groups is 1. The van der Waals surface area contributed by atoms with Crippen molar-refractivity contribution in [2.75, 3.05) is 26.2 Å². The lowest BCUT2D eigenvalue weighted by atomic mass is 10.2. The van der Waals surface area contributed by atoms with Crippen molar-refractivity contribution in [3.8, 4) is 17.4 Å². The molecule has 1 aromatic heterocycles. The van der Waals surface area contributed by atoms with Crippen molar-refractivity contribution in [3.63, 3.8) is 0 Å². The van der Waals surface area contributed by atoms with E-state index in [-0.39, 0.29) is 28.9 Å². The number of imide groups is 1. The Morgan fingerprint density at radius 3 is 2.63 bits per heavy atom. The Morgan fingerprint density at radius 2 is 1.97 bits per heavy atom. The highest BCUT2D eigenvalue weighted by molar-refractivity contribution is 8.18. The van der Waals surface area contributed by atoms with Crippen molar-refractivity contribution in [2.24, 2.45) is 0 Å². The van der Waals surface area contributed by atoms with Crippen LogP contribution in [0.2, 0.25) is 0 Å². The third kappa shape index (κ3) is 5.60. The zero-order valence-corrected chi connectivity index (χ0v) is 19.7. The Morgan fingerprint density at radius 1 is 1.20 bits per heavy atom. The van der Waals surface area contributed by atoms with Crippen LogP contribution in [-0.2, 0) is 9.59 Å². The molecule has 2 aliphatic heterocycles. The maximum absolute atomic E-state index is 12.8. The van der Waals surface area contributed by atoms with Crippen LogP contribution < -0.4 is 9.47 Å². The van der Waals surface area contributed by atoms with Gasteiger partial charge in [-0.2, -0.15) is 0 Å². The van der Waals surface area contributed by atoms with Crippen LogP contribution in [0.1, 0.15) is 25.3 Å². The van der Waals surface area contributed by atoms with E-state index in [1.54, 1.807) is 36.1 Å². The predicted octanol–water partition coefficient (Wildman–Crippen LogP) is 3.84. The summed E-state index contributed by atoms with van der Waals surface area (Å²) in [5.41, 5.74) is 0.433. The average Bonchev–Trinajstić information content (AvgIpc) is 3.46. The lowest BCUT2D eigenvalue weighted by Gasteiger charge is -2.18. The molecule has 0 unspecified atom stereocenters. The molecule has 0 saturated carbocycles. The van der Waals surface area contributed by atoms with Gasteiger partial charge in [0.1, 0.15) is 12.7 Å². The maximum atomic E-state index is 12.8. The van der Waals surface area contributed by atoms with Crippen LogP contribution in [0.5, 0.6) is 17.4 Å². The SMILES string of the molecule is CCOc1cc(/C=C2\SC(=O)N(CC(=O)N3CCCC3)C2=O)ccc1Oc1ccc([N+](=O)[O-])cn1. The number of carbonyl (C=O) groups excluding carboxylic acids is 3. The van der Waals surface area contributed by atoms with E-state index in [9.17, 15) is 24.5 Å². The lowest BCUT2D eigenvalue weighted by molar-refractivity contribution is -0.385. The van der Waals surface area contributed by atoms with Crippen molar-refractivity contribution < 1.29 is 28.8 Å². The molecule has 2 aliphatic rings. The molecule has 2 aromatic rings. The summed E-state index contributed by atoms with van der Waals surface area (Å²) in [5.74, 6) is 0.0968. The Labute approximate surface area is 204 Å². The molecule has 4 rings (SSSR count).